The zero-order valence-corrected chi connectivity index (χ0v) is 9.96. The Labute approximate surface area is 106 Å². The predicted molar refractivity (Wildman–Crippen MR) is 66.5 cm³/mol. The second-order valence-electron chi connectivity index (χ2n) is 4.20. The van der Waals surface area contributed by atoms with Crippen molar-refractivity contribution in [1.82, 2.24) is 5.32 Å². The normalized spacial score (nSPS) is 18.2. The molecule has 18 heavy (non-hydrogen) atoms. The largest absolute Gasteiger partial charge is 0.458 e. The molecule has 0 radical (unpaired) electrons. The first-order valence-corrected chi connectivity index (χ1v) is 5.90. The first-order valence-electron chi connectivity index (χ1n) is 5.90. The highest BCUT2D eigenvalue weighted by atomic mass is 16.5. The monoisotopic (exact) mass is 245 g/mol. The van der Waals surface area contributed by atoms with E-state index in [1.807, 2.05) is 30.3 Å². The molecule has 1 aliphatic heterocycles. The average Bonchev–Trinajstić information content (AvgIpc) is 2.35. The van der Waals surface area contributed by atoms with Gasteiger partial charge in [0.1, 0.15) is 6.61 Å². The molecule has 1 N–H and O–H groups in total. The summed E-state index contributed by atoms with van der Waals surface area (Å²) in [6, 6.07) is 9.70. The summed E-state index contributed by atoms with van der Waals surface area (Å²) in [5.74, 6) is -0.287. The van der Waals surface area contributed by atoms with Crippen LogP contribution in [0.25, 0.3) is 0 Å². The number of hydrogen-bond acceptors (Lipinski definition) is 3. The van der Waals surface area contributed by atoms with Crippen LogP contribution in [0.4, 0.5) is 0 Å². The molecule has 0 saturated carbocycles. The van der Waals surface area contributed by atoms with Crippen LogP contribution in [0.15, 0.2) is 42.5 Å². The molecule has 1 saturated heterocycles. The highest BCUT2D eigenvalue weighted by Crippen LogP contribution is 2.08. The van der Waals surface area contributed by atoms with Gasteiger partial charge in [-0.15, -0.1) is 0 Å². The van der Waals surface area contributed by atoms with Gasteiger partial charge in [-0.1, -0.05) is 36.4 Å². The van der Waals surface area contributed by atoms with Gasteiger partial charge in [0.05, 0.1) is 0 Å². The summed E-state index contributed by atoms with van der Waals surface area (Å²) < 4.78 is 5.07. The standard InChI is InChI=1S/C14H15NO3/c16-13-9-12(15-13)7-4-8-14(17)18-10-11-5-2-1-3-6-11/h1-6,8,12H,7,9-10H2,(H,15,16)/t12-/m1/s1. The number of ether oxygens (including phenoxy) is 1. The molecule has 2 rings (SSSR count). The number of carbonyl (C=O) groups is 2. The molecule has 1 aromatic carbocycles. The Kier molecular flexibility index (Phi) is 4.12. The van der Waals surface area contributed by atoms with Crippen LogP contribution in [-0.2, 0) is 20.9 Å². The smallest absolute Gasteiger partial charge is 0.330 e. The SMILES string of the molecule is O=C1C[C@@H](CC=CC(=O)OCc2ccccc2)N1. The van der Waals surface area contributed by atoms with Crippen LogP contribution in [0.3, 0.4) is 0 Å². The molecule has 1 heterocycles. The van der Waals surface area contributed by atoms with Crippen LogP contribution in [-0.4, -0.2) is 17.9 Å². The lowest BCUT2D eigenvalue weighted by Crippen LogP contribution is -2.47. The molecule has 1 atom stereocenters. The topological polar surface area (TPSA) is 55.4 Å². The quantitative estimate of drug-likeness (QED) is 0.486. The molecule has 0 aromatic heterocycles. The lowest BCUT2D eigenvalue weighted by molar-refractivity contribution is -0.139. The van der Waals surface area contributed by atoms with Crippen LogP contribution in [0.2, 0.25) is 0 Å². The molecule has 0 aliphatic carbocycles. The van der Waals surface area contributed by atoms with E-state index >= 15 is 0 Å². The maximum atomic E-state index is 11.4. The summed E-state index contributed by atoms with van der Waals surface area (Å²) in [4.78, 5) is 22.0. The van der Waals surface area contributed by atoms with E-state index in [-0.39, 0.29) is 24.5 Å². The zero-order valence-electron chi connectivity index (χ0n) is 9.96. The van der Waals surface area contributed by atoms with Crippen LogP contribution in [0.5, 0.6) is 0 Å². The molecule has 1 amide bonds. The number of hydrogen-bond donors (Lipinski definition) is 1. The molecule has 0 spiro atoms. The van der Waals surface area contributed by atoms with Crippen molar-refractivity contribution in [2.75, 3.05) is 0 Å². The Balaban J connectivity index is 1.66. The molecule has 1 aliphatic rings. The van der Waals surface area contributed by atoms with E-state index in [1.54, 1.807) is 6.08 Å². The zero-order chi connectivity index (χ0) is 12.8. The van der Waals surface area contributed by atoms with E-state index in [0.29, 0.717) is 12.8 Å². The summed E-state index contributed by atoms with van der Waals surface area (Å²) >= 11 is 0. The van der Waals surface area contributed by atoms with Crippen LogP contribution >= 0.6 is 0 Å². The number of benzene rings is 1. The Morgan fingerprint density at radius 2 is 2.11 bits per heavy atom. The van der Waals surface area contributed by atoms with Gasteiger partial charge in [0, 0.05) is 18.5 Å². The number of β-lactam (4-membered cyclic amide) rings is 1. The van der Waals surface area contributed by atoms with Crippen molar-refractivity contribution in [3.05, 3.63) is 48.0 Å². The minimum absolute atomic E-state index is 0.0695. The molecule has 0 bridgehead atoms. The molecular weight excluding hydrogens is 230 g/mol. The third-order valence-electron chi connectivity index (χ3n) is 2.70. The summed E-state index contributed by atoms with van der Waals surface area (Å²) in [7, 11) is 0. The number of esters is 1. The number of amides is 1. The van der Waals surface area contributed by atoms with E-state index < -0.39 is 0 Å². The summed E-state index contributed by atoms with van der Waals surface area (Å²) in [6.07, 6.45) is 4.36. The Morgan fingerprint density at radius 1 is 1.39 bits per heavy atom. The second kappa shape index (κ2) is 6.00. The van der Waals surface area contributed by atoms with Gasteiger partial charge in [-0.3, -0.25) is 4.79 Å². The molecule has 0 unspecified atom stereocenters. The summed E-state index contributed by atoms with van der Waals surface area (Å²) in [6.45, 7) is 0.282. The fraction of sp³-hybridized carbons (Fsp3) is 0.286. The molecule has 1 aromatic rings. The highest BCUT2D eigenvalue weighted by Gasteiger charge is 2.23. The molecule has 4 heteroatoms. The Bertz CT molecular complexity index is 445. The van der Waals surface area contributed by atoms with Gasteiger partial charge in [-0.25, -0.2) is 4.79 Å². The first kappa shape index (κ1) is 12.4. The lowest BCUT2D eigenvalue weighted by atomic mass is 10.0. The third kappa shape index (κ3) is 3.73. The van der Waals surface area contributed by atoms with Gasteiger partial charge in [0.15, 0.2) is 0 Å². The van der Waals surface area contributed by atoms with E-state index in [2.05, 4.69) is 5.32 Å². The summed E-state index contributed by atoms with van der Waals surface area (Å²) in [5.41, 5.74) is 0.963. The highest BCUT2D eigenvalue weighted by molar-refractivity contribution is 5.83. The van der Waals surface area contributed by atoms with Gasteiger partial charge in [0.2, 0.25) is 5.91 Å². The fourth-order valence-electron chi connectivity index (χ4n) is 1.68. The van der Waals surface area contributed by atoms with E-state index in [9.17, 15) is 9.59 Å². The maximum Gasteiger partial charge on any atom is 0.330 e. The fourth-order valence-corrected chi connectivity index (χ4v) is 1.68. The second-order valence-corrected chi connectivity index (χ2v) is 4.20. The van der Waals surface area contributed by atoms with Crippen LogP contribution in [0, 0.1) is 0 Å². The number of rotatable bonds is 5. The van der Waals surface area contributed by atoms with E-state index in [4.69, 9.17) is 4.74 Å². The van der Waals surface area contributed by atoms with Crippen molar-refractivity contribution in [3.8, 4) is 0 Å². The number of nitrogens with one attached hydrogen (secondary N) is 1. The van der Waals surface area contributed by atoms with Crippen molar-refractivity contribution in [2.24, 2.45) is 0 Å². The van der Waals surface area contributed by atoms with E-state index in [0.717, 1.165) is 5.56 Å². The van der Waals surface area contributed by atoms with Crippen LogP contribution in [0.1, 0.15) is 18.4 Å². The van der Waals surface area contributed by atoms with Crippen molar-refractivity contribution in [2.45, 2.75) is 25.5 Å². The first-order chi connectivity index (χ1) is 8.74. The summed E-state index contributed by atoms with van der Waals surface area (Å²) in [5, 5.41) is 2.73. The average molecular weight is 245 g/mol. The Morgan fingerprint density at radius 3 is 2.78 bits per heavy atom. The minimum atomic E-state index is -0.357. The van der Waals surface area contributed by atoms with Gasteiger partial charge >= 0.3 is 5.97 Å². The molecule has 4 nitrogen and oxygen atoms in total. The number of carbonyl (C=O) groups excluding carboxylic acids is 2. The molecule has 1 fully saturated rings. The van der Waals surface area contributed by atoms with Crippen molar-refractivity contribution < 1.29 is 14.3 Å². The minimum Gasteiger partial charge on any atom is -0.458 e. The van der Waals surface area contributed by atoms with Gasteiger partial charge < -0.3 is 10.1 Å². The predicted octanol–water partition coefficient (Wildman–Crippen LogP) is 1.56. The van der Waals surface area contributed by atoms with Crippen molar-refractivity contribution >= 4 is 11.9 Å². The van der Waals surface area contributed by atoms with E-state index in [1.165, 1.54) is 6.08 Å². The Hall–Kier alpha value is -2.10. The van der Waals surface area contributed by atoms with Crippen molar-refractivity contribution in [1.29, 1.82) is 0 Å². The van der Waals surface area contributed by atoms with Crippen LogP contribution < -0.4 is 5.32 Å². The van der Waals surface area contributed by atoms with Gasteiger partial charge in [-0.2, -0.15) is 0 Å². The third-order valence-corrected chi connectivity index (χ3v) is 2.70. The lowest BCUT2D eigenvalue weighted by Gasteiger charge is -2.25. The molecule has 94 valence electrons. The van der Waals surface area contributed by atoms with Gasteiger partial charge in [0.25, 0.3) is 0 Å². The maximum absolute atomic E-state index is 11.4. The van der Waals surface area contributed by atoms with Crippen molar-refractivity contribution in [3.63, 3.8) is 0 Å². The van der Waals surface area contributed by atoms with Gasteiger partial charge in [-0.05, 0) is 12.0 Å². The molecular formula is C14H15NO3.